The Morgan fingerprint density at radius 2 is 2.00 bits per heavy atom. The smallest absolute Gasteiger partial charge is 0.331 e. The van der Waals surface area contributed by atoms with Gasteiger partial charge in [-0.25, -0.2) is 4.79 Å². The van der Waals surface area contributed by atoms with Crippen LogP contribution < -0.4 is 4.74 Å². The molecule has 0 radical (unpaired) electrons. The highest BCUT2D eigenvalue weighted by Gasteiger charge is 2.43. The molecule has 32 heavy (non-hydrogen) atoms. The molecule has 11 nitrogen and oxygen atoms in total. The highest BCUT2D eigenvalue weighted by Crippen LogP contribution is 2.26. The molecule has 0 saturated carbocycles. The minimum Gasteiger partial charge on any atom is -0.504 e. The SMILES string of the molecule is COc1cc(C=CC(=O)OC/C(C#N)=C/CO[C@@H]2O[C@H](CO)[C@@H](O)[C@H](O)[C@H]2O)ccc1O. The molecule has 5 N–H and O–H groups in total. The summed E-state index contributed by atoms with van der Waals surface area (Å²) in [5, 5.41) is 57.2. The average molecular weight is 451 g/mol. The van der Waals surface area contributed by atoms with Gasteiger partial charge in [0.05, 0.1) is 32.0 Å². The maximum absolute atomic E-state index is 11.9. The summed E-state index contributed by atoms with van der Waals surface area (Å²) in [6, 6.07) is 6.34. The molecule has 0 aliphatic carbocycles. The summed E-state index contributed by atoms with van der Waals surface area (Å²) in [7, 11) is 1.40. The van der Waals surface area contributed by atoms with E-state index in [0.717, 1.165) is 6.08 Å². The topological polar surface area (TPSA) is 179 Å². The fraction of sp³-hybridized carbons (Fsp3) is 0.429. The number of rotatable bonds is 9. The van der Waals surface area contributed by atoms with Gasteiger partial charge in [0.1, 0.15) is 31.0 Å². The van der Waals surface area contributed by atoms with Crippen LogP contribution in [0.1, 0.15) is 5.56 Å². The summed E-state index contributed by atoms with van der Waals surface area (Å²) < 4.78 is 20.4. The summed E-state index contributed by atoms with van der Waals surface area (Å²) in [6.45, 7) is -1.16. The van der Waals surface area contributed by atoms with Crippen LogP contribution in [-0.2, 0) is 19.0 Å². The van der Waals surface area contributed by atoms with Gasteiger partial charge in [0.15, 0.2) is 17.8 Å². The first kappa shape index (κ1) is 25.3. The normalized spacial score (nSPS) is 26.0. The van der Waals surface area contributed by atoms with Crippen molar-refractivity contribution in [2.75, 3.05) is 26.9 Å². The Kier molecular flexibility index (Phi) is 9.61. The van der Waals surface area contributed by atoms with Crippen LogP contribution in [0.5, 0.6) is 11.5 Å². The zero-order valence-corrected chi connectivity index (χ0v) is 17.2. The molecule has 1 aliphatic rings. The lowest BCUT2D eigenvalue weighted by Gasteiger charge is -2.39. The van der Waals surface area contributed by atoms with E-state index in [-0.39, 0.29) is 30.3 Å². The largest absolute Gasteiger partial charge is 0.504 e. The van der Waals surface area contributed by atoms with Crippen molar-refractivity contribution in [3.8, 4) is 17.6 Å². The molecule has 1 heterocycles. The molecule has 0 spiro atoms. The number of aliphatic hydroxyl groups excluding tert-OH is 4. The lowest BCUT2D eigenvalue weighted by Crippen LogP contribution is -2.59. The summed E-state index contributed by atoms with van der Waals surface area (Å²) >= 11 is 0. The predicted molar refractivity (Wildman–Crippen MR) is 108 cm³/mol. The molecule has 0 bridgehead atoms. The van der Waals surface area contributed by atoms with E-state index in [0.29, 0.717) is 5.56 Å². The quantitative estimate of drug-likeness (QED) is 0.181. The zero-order chi connectivity index (χ0) is 23.7. The zero-order valence-electron chi connectivity index (χ0n) is 17.2. The van der Waals surface area contributed by atoms with E-state index in [9.17, 15) is 25.2 Å². The number of nitriles is 1. The standard InChI is InChI=1S/C21H25NO10/c1-29-15-8-12(2-4-14(15)24)3-5-17(25)31-11-13(9-22)6-7-30-21-20(28)19(27)18(26)16(10-23)32-21/h2-6,8,16,18-21,23-24,26-28H,7,10-11H2,1H3/b5-3?,13-6+/t16-,18-,19+,20-,21-/m1/s1. The number of phenolic OH excluding ortho intramolecular Hbond substituents is 1. The summed E-state index contributed by atoms with van der Waals surface area (Å²) in [6.07, 6.45) is -3.21. The third-order valence-corrected chi connectivity index (χ3v) is 4.57. The number of aliphatic hydroxyl groups is 4. The lowest BCUT2D eigenvalue weighted by molar-refractivity contribution is -0.298. The minimum atomic E-state index is -1.58. The Morgan fingerprint density at radius 1 is 1.25 bits per heavy atom. The van der Waals surface area contributed by atoms with Crippen LogP contribution in [0.25, 0.3) is 6.08 Å². The van der Waals surface area contributed by atoms with Crippen molar-refractivity contribution in [2.45, 2.75) is 30.7 Å². The van der Waals surface area contributed by atoms with Crippen LogP contribution in [0, 0.1) is 11.3 Å². The van der Waals surface area contributed by atoms with Crippen molar-refractivity contribution in [2.24, 2.45) is 0 Å². The van der Waals surface area contributed by atoms with Crippen molar-refractivity contribution in [3.05, 3.63) is 41.5 Å². The van der Waals surface area contributed by atoms with Gasteiger partial charge >= 0.3 is 5.97 Å². The third-order valence-electron chi connectivity index (χ3n) is 4.57. The number of nitrogens with zero attached hydrogens (tertiary/aromatic N) is 1. The van der Waals surface area contributed by atoms with Gasteiger partial charge in [0.2, 0.25) is 0 Å². The molecular formula is C21H25NO10. The first-order chi connectivity index (χ1) is 15.3. The Balaban J connectivity index is 1.85. The molecule has 1 aliphatic heterocycles. The van der Waals surface area contributed by atoms with Gasteiger partial charge in [-0.3, -0.25) is 0 Å². The number of benzene rings is 1. The number of hydrogen-bond donors (Lipinski definition) is 5. The maximum atomic E-state index is 11.9. The van der Waals surface area contributed by atoms with E-state index < -0.39 is 43.3 Å². The third kappa shape index (κ3) is 6.76. The van der Waals surface area contributed by atoms with Crippen LogP contribution in [0.15, 0.2) is 35.9 Å². The second-order valence-corrected chi connectivity index (χ2v) is 6.74. The molecule has 0 unspecified atom stereocenters. The van der Waals surface area contributed by atoms with Crippen molar-refractivity contribution in [1.29, 1.82) is 5.26 Å². The Hall–Kier alpha value is -2.98. The van der Waals surface area contributed by atoms with Crippen molar-refractivity contribution < 1.29 is 49.3 Å². The van der Waals surface area contributed by atoms with Crippen molar-refractivity contribution in [3.63, 3.8) is 0 Å². The fourth-order valence-corrected chi connectivity index (χ4v) is 2.74. The van der Waals surface area contributed by atoms with Gasteiger partial charge in [0, 0.05) is 6.08 Å². The van der Waals surface area contributed by atoms with Crippen molar-refractivity contribution >= 4 is 12.0 Å². The first-order valence-corrected chi connectivity index (χ1v) is 9.53. The van der Waals surface area contributed by atoms with E-state index in [4.69, 9.17) is 29.3 Å². The number of carbonyl (C=O) groups excluding carboxylic acids is 1. The molecule has 1 aromatic rings. The lowest BCUT2D eigenvalue weighted by atomic mass is 9.99. The molecule has 5 atom stereocenters. The van der Waals surface area contributed by atoms with Gasteiger partial charge < -0.3 is 44.5 Å². The second-order valence-electron chi connectivity index (χ2n) is 6.74. The highest BCUT2D eigenvalue weighted by molar-refractivity contribution is 5.87. The molecule has 0 aromatic heterocycles. The van der Waals surface area contributed by atoms with Crippen molar-refractivity contribution in [1.82, 2.24) is 0 Å². The van der Waals surface area contributed by atoms with Crippen LogP contribution in [0.4, 0.5) is 0 Å². The molecule has 1 fully saturated rings. The Morgan fingerprint density at radius 3 is 2.66 bits per heavy atom. The average Bonchev–Trinajstić information content (AvgIpc) is 2.80. The number of ether oxygens (including phenoxy) is 4. The molecular weight excluding hydrogens is 426 g/mol. The monoisotopic (exact) mass is 451 g/mol. The van der Waals surface area contributed by atoms with Gasteiger partial charge in [-0.2, -0.15) is 5.26 Å². The minimum absolute atomic E-state index is 0.0399. The number of carbonyl (C=O) groups is 1. The molecule has 1 saturated heterocycles. The van der Waals surface area contributed by atoms with Crippen LogP contribution in [0.3, 0.4) is 0 Å². The predicted octanol–water partition coefficient (Wildman–Crippen LogP) is -0.776. The van der Waals surface area contributed by atoms with Crippen LogP contribution in [-0.4, -0.2) is 89.1 Å². The molecule has 1 aromatic carbocycles. The molecule has 11 heteroatoms. The molecule has 2 rings (SSSR count). The maximum Gasteiger partial charge on any atom is 0.331 e. The van der Waals surface area contributed by atoms with E-state index >= 15 is 0 Å². The number of esters is 1. The molecule has 0 amide bonds. The van der Waals surface area contributed by atoms with E-state index in [1.54, 1.807) is 6.07 Å². The van der Waals surface area contributed by atoms with Crippen LogP contribution >= 0.6 is 0 Å². The first-order valence-electron chi connectivity index (χ1n) is 9.53. The Bertz CT molecular complexity index is 876. The van der Waals surface area contributed by atoms with Gasteiger partial charge in [-0.1, -0.05) is 6.07 Å². The number of methoxy groups -OCH3 is 1. The van der Waals surface area contributed by atoms with Crippen LogP contribution in [0.2, 0.25) is 0 Å². The summed E-state index contributed by atoms with van der Waals surface area (Å²) in [5.74, 6) is -0.510. The van der Waals surface area contributed by atoms with Gasteiger partial charge in [-0.05, 0) is 29.8 Å². The van der Waals surface area contributed by atoms with Gasteiger partial charge in [-0.15, -0.1) is 0 Å². The summed E-state index contributed by atoms with van der Waals surface area (Å²) in [5.41, 5.74) is 0.642. The number of aromatic hydroxyl groups is 1. The van der Waals surface area contributed by atoms with E-state index in [2.05, 4.69) is 0 Å². The fourth-order valence-electron chi connectivity index (χ4n) is 2.74. The number of hydrogen-bond acceptors (Lipinski definition) is 11. The van der Waals surface area contributed by atoms with E-state index in [1.807, 2.05) is 6.07 Å². The second kappa shape index (κ2) is 12.2. The summed E-state index contributed by atoms with van der Waals surface area (Å²) in [4.78, 5) is 11.9. The highest BCUT2D eigenvalue weighted by atomic mass is 16.7. The molecule has 174 valence electrons. The Labute approximate surface area is 183 Å². The van der Waals surface area contributed by atoms with E-state index in [1.165, 1.54) is 31.4 Å². The van der Waals surface area contributed by atoms with Gasteiger partial charge in [0.25, 0.3) is 0 Å². The number of phenols is 1.